The van der Waals surface area contributed by atoms with E-state index in [-0.39, 0.29) is 47.5 Å². The van der Waals surface area contributed by atoms with Crippen LogP contribution < -0.4 is 5.32 Å². The highest BCUT2D eigenvalue weighted by atomic mass is 16.3. The molecule has 4 rings (SSSR count). The monoisotopic (exact) mass is 703 g/mol. The van der Waals surface area contributed by atoms with Crippen molar-refractivity contribution in [3.8, 4) is 5.75 Å². The Labute approximate surface area is 296 Å². The molecule has 12 heteroatoms. The molecule has 0 saturated carbocycles. The number of aliphatic hydroxyl groups is 5. The first-order valence-electron chi connectivity index (χ1n) is 16.5. The van der Waals surface area contributed by atoms with Gasteiger partial charge in [0.15, 0.2) is 17.3 Å². The van der Waals surface area contributed by atoms with Gasteiger partial charge in [-0.2, -0.15) is 0 Å². The molecule has 7 N–H and O–H groups in total. The van der Waals surface area contributed by atoms with Gasteiger partial charge in [0.25, 0.3) is 5.78 Å². The lowest BCUT2D eigenvalue weighted by atomic mass is 9.82. The number of phenols is 1. The number of allylic oxidation sites excluding steroid dienone is 9. The zero-order valence-electron chi connectivity index (χ0n) is 29.2. The number of carbonyl (C=O) groups excluding carboxylic acids is 5. The third kappa shape index (κ3) is 9.75. The number of aryl methyl sites for hydroxylation is 1. The Bertz CT molecular complexity index is 1800. The van der Waals surface area contributed by atoms with E-state index in [2.05, 4.69) is 5.32 Å². The summed E-state index contributed by atoms with van der Waals surface area (Å²) in [4.78, 5) is 65.6. The number of nitrogens with one attached hydrogen (secondary N) is 1. The molecular formula is C39H45NO11. The van der Waals surface area contributed by atoms with Gasteiger partial charge < -0.3 is 36.0 Å². The van der Waals surface area contributed by atoms with Gasteiger partial charge in [0.1, 0.15) is 11.4 Å². The first-order chi connectivity index (χ1) is 24.0. The van der Waals surface area contributed by atoms with Gasteiger partial charge in [0, 0.05) is 36.3 Å². The van der Waals surface area contributed by atoms with Crippen LogP contribution >= 0.6 is 0 Å². The number of ketones is 4. The van der Waals surface area contributed by atoms with Crippen LogP contribution in [0.3, 0.4) is 0 Å². The van der Waals surface area contributed by atoms with Gasteiger partial charge in [-0.1, -0.05) is 56.4 Å². The third-order valence-electron chi connectivity index (χ3n) is 8.95. The third-order valence-corrected chi connectivity index (χ3v) is 8.95. The maximum absolute atomic E-state index is 13.8. The van der Waals surface area contributed by atoms with E-state index in [0.717, 1.165) is 6.08 Å². The largest absolute Gasteiger partial charge is 0.512 e. The number of benzene rings is 1. The van der Waals surface area contributed by atoms with Gasteiger partial charge in [0.05, 0.1) is 35.7 Å². The zero-order valence-corrected chi connectivity index (χ0v) is 29.2. The Balaban J connectivity index is 2.10. The molecule has 0 radical (unpaired) electrons. The lowest BCUT2D eigenvalue weighted by Crippen LogP contribution is -2.35. The number of fused-ring (bicyclic) bond motifs is 18. The molecule has 51 heavy (non-hydrogen) atoms. The first-order valence-corrected chi connectivity index (χ1v) is 16.5. The molecule has 0 aromatic heterocycles. The number of phenolic OH excluding ortho intramolecular Hbond substituents is 1. The lowest BCUT2D eigenvalue weighted by molar-refractivity contribution is -0.118. The molecule has 0 spiro atoms. The van der Waals surface area contributed by atoms with Crippen molar-refractivity contribution in [2.24, 2.45) is 17.8 Å². The average Bonchev–Trinajstić information content (AvgIpc) is 3.10. The minimum atomic E-state index is -1.33. The topological polar surface area (TPSA) is 219 Å². The second kappa shape index (κ2) is 17.7. The van der Waals surface area contributed by atoms with Crippen LogP contribution in [-0.2, 0) is 14.4 Å². The van der Waals surface area contributed by atoms with Crippen LogP contribution in [-0.4, -0.2) is 78.5 Å². The normalized spacial score (nSPS) is 30.1. The van der Waals surface area contributed by atoms with Gasteiger partial charge in [-0.15, -0.1) is 0 Å². The van der Waals surface area contributed by atoms with E-state index in [0.29, 0.717) is 5.57 Å². The van der Waals surface area contributed by atoms with E-state index in [1.165, 1.54) is 50.3 Å². The standard InChI is InChI=1S/C39H45NO11/c1-20-10-8-6-7-9-11-30(45)40-33-37(49)27-17-24(5)36(48)32(31(27)38(50)39(33)51)35(47)23(4)16-25(19-41)34(46)22(3)13-15-26(42)14-12-21(2)29(44)18-28(20)43/h6-12,15-17,20,22,25,28,34,41-43,46,48-49H,13-14,18-19H2,1-5H3,(H,40,45)/b7-6+,10-8-,11-9-,21-12+,23-16-,26-15-/t20-,22-,25+,28-,34-/m0/s1. The lowest BCUT2D eigenvalue weighted by Gasteiger charge is -2.25. The molecule has 1 amide bonds. The summed E-state index contributed by atoms with van der Waals surface area (Å²) in [6.45, 7) is 7.11. The molecule has 4 bridgehead atoms. The van der Waals surface area contributed by atoms with Crippen LogP contribution in [0.2, 0.25) is 0 Å². The number of aromatic hydroxyl groups is 1. The molecule has 2 heterocycles. The van der Waals surface area contributed by atoms with Crippen molar-refractivity contribution in [1.29, 1.82) is 0 Å². The minimum absolute atomic E-state index is 0.0248. The number of amides is 1. The highest BCUT2D eigenvalue weighted by molar-refractivity contribution is 6.53. The van der Waals surface area contributed by atoms with Crippen LogP contribution in [0.15, 0.2) is 83.4 Å². The molecule has 272 valence electrons. The van der Waals surface area contributed by atoms with E-state index in [1.807, 2.05) is 0 Å². The molecule has 0 unspecified atom stereocenters. The fraction of sp³-hybridized carbons (Fsp3) is 0.359. The van der Waals surface area contributed by atoms with E-state index in [4.69, 9.17) is 0 Å². The summed E-state index contributed by atoms with van der Waals surface area (Å²) < 4.78 is 0. The molecule has 2 aliphatic heterocycles. The van der Waals surface area contributed by atoms with Crippen molar-refractivity contribution in [1.82, 2.24) is 5.32 Å². The molecular weight excluding hydrogens is 658 g/mol. The zero-order chi connectivity index (χ0) is 38.2. The number of hydrogen-bond donors (Lipinski definition) is 7. The van der Waals surface area contributed by atoms with Crippen molar-refractivity contribution in [3.05, 3.63) is 106 Å². The van der Waals surface area contributed by atoms with Crippen LogP contribution in [0.1, 0.15) is 78.8 Å². The van der Waals surface area contributed by atoms with E-state index < -0.39 is 88.2 Å². The molecule has 1 aromatic rings. The minimum Gasteiger partial charge on any atom is -0.512 e. The highest BCUT2D eigenvalue weighted by Crippen LogP contribution is 2.37. The van der Waals surface area contributed by atoms with Gasteiger partial charge in [-0.25, -0.2) is 0 Å². The number of rotatable bonds is 1. The van der Waals surface area contributed by atoms with Gasteiger partial charge in [-0.3, -0.25) is 24.0 Å². The van der Waals surface area contributed by atoms with Crippen molar-refractivity contribution in [3.63, 3.8) is 0 Å². The Morgan fingerprint density at radius 3 is 2.16 bits per heavy atom. The number of hydrogen-bond acceptors (Lipinski definition) is 11. The molecule has 1 aromatic carbocycles. The van der Waals surface area contributed by atoms with Crippen LogP contribution in [0, 0.1) is 24.7 Å². The Hall–Kier alpha value is -5.17. The van der Waals surface area contributed by atoms with E-state index in [1.54, 1.807) is 39.0 Å². The highest BCUT2D eigenvalue weighted by Gasteiger charge is 2.39. The van der Waals surface area contributed by atoms with Crippen LogP contribution in [0.25, 0.3) is 5.76 Å². The maximum atomic E-state index is 13.8. The second-order valence-electron chi connectivity index (χ2n) is 12.9. The maximum Gasteiger partial charge on any atom is 0.253 e. The summed E-state index contributed by atoms with van der Waals surface area (Å²) in [5.74, 6) is -8.09. The summed E-state index contributed by atoms with van der Waals surface area (Å²) in [6.07, 6.45) is 10.7. The average molecular weight is 704 g/mol. The summed E-state index contributed by atoms with van der Waals surface area (Å²) in [6, 6.07) is 1.20. The smallest absolute Gasteiger partial charge is 0.253 e. The van der Waals surface area contributed by atoms with Crippen LogP contribution in [0.4, 0.5) is 0 Å². The number of carbonyl (C=O) groups is 5. The van der Waals surface area contributed by atoms with Crippen molar-refractivity contribution < 1.29 is 54.6 Å². The molecule has 12 nitrogen and oxygen atoms in total. The summed E-state index contributed by atoms with van der Waals surface area (Å²) >= 11 is 0. The molecule has 1 aliphatic carbocycles. The Morgan fingerprint density at radius 2 is 1.49 bits per heavy atom. The SMILES string of the molecule is C/C1=C/[C@H](CO)[C@@H](O)[C@@H](C)C/C=C(\O)C/C=C(\C)C(=O)C[C@H](O)[C@@H](C)\C=C/C=C/C=C\C(=O)NC2=C(O)c3cc(C)c(O)c(c3C(=O)C2=O)C1=O. The first kappa shape index (κ1) is 40.3. The van der Waals surface area contributed by atoms with Gasteiger partial charge in [0.2, 0.25) is 11.7 Å². The number of Topliss-reactive ketones (excluding diaryl/α,β-unsaturated/α-hetero) is 4. The van der Waals surface area contributed by atoms with Crippen molar-refractivity contribution >= 4 is 34.8 Å². The summed E-state index contributed by atoms with van der Waals surface area (Å²) in [5, 5.41) is 66.3. The quantitative estimate of drug-likeness (QED) is 0.204. The molecule has 5 atom stereocenters. The molecule has 0 saturated heterocycles. The van der Waals surface area contributed by atoms with Gasteiger partial charge in [-0.05, 0) is 62.0 Å². The number of aliphatic hydroxyl groups excluding tert-OH is 5. The predicted octanol–water partition coefficient (Wildman–Crippen LogP) is 4.35. The predicted molar refractivity (Wildman–Crippen MR) is 190 cm³/mol. The van der Waals surface area contributed by atoms with Crippen molar-refractivity contribution in [2.75, 3.05) is 6.61 Å². The fourth-order valence-electron chi connectivity index (χ4n) is 5.57. The Kier molecular flexibility index (Phi) is 13.9. The molecule has 3 aliphatic rings. The molecule has 0 fully saturated rings. The van der Waals surface area contributed by atoms with Gasteiger partial charge >= 0.3 is 0 Å². The van der Waals surface area contributed by atoms with Crippen molar-refractivity contribution in [2.45, 2.75) is 66.1 Å². The van der Waals surface area contributed by atoms with E-state index >= 15 is 0 Å². The Morgan fingerprint density at radius 1 is 0.824 bits per heavy atom. The van der Waals surface area contributed by atoms with E-state index in [9.17, 15) is 54.6 Å². The fourth-order valence-corrected chi connectivity index (χ4v) is 5.57. The van der Waals surface area contributed by atoms with Crippen LogP contribution in [0.5, 0.6) is 5.75 Å². The second-order valence-corrected chi connectivity index (χ2v) is 12.9. The summed E-state index contributed by atoms with van der Waals surface area (Å²) in [7, 11) is 0. The summed E-state index contributed by atoms with van der Waals surface area (Å²) in [5.41, 5.74) is -1.77.